The monoisotopic (exact) mass is 243 g/mol. The van der Waals surface area contributed by atoms with Crippen molar-refractivity contribution in [3.8, 4) is 0 Å². The largest absolute Gasteiger partial charge is 0.419 e. The van der Waals surface area contributed by atoms with E-state index in [-0.39, 0.29) is 24.3 Å². The summed E-state index contributed by atoms with van der Waals surface area (Å²) >= 11 is 5.93. The van der Waals surface area contributed by atoms with Crippen LogP contribution in [0.25, 0.3) is 6.08 Å². The van der Waals surface area contributed by atoms with E-state index in [0.717, 1.165) is 11.8 Å². The van der Waals surface area contributed by atoms with Crippen LogP contribution in [0, 0.1) is 0 Å². The molecule has 2 N–H and O–H groups in total. The molecule has 15 heavy (non-hydrogen) atoms. The van der Waals surface area contributed by atoms with Crippen LogP contribution in [-0.2, 0) is 11.4 Å². The quantitative estimate of drug-likeness (QED) is 0.560. The lowest BCUT2D eigenvalue weighted by Gasteiger charge is -1.86. The van der Waals surface area contributed by atoms with Gasteiger partial charge < -0.3 is 14.8 Å². The van der Waals surface area contributed by atoms with E-state index in [4.69, 9.17) is 21.7 Å². The fraction of sp³-hybridized carbons (Fsp3) is 0.143. The molecule has 6 nitrogen and oxygen atoms in total. The molecule has 1 aliphatic heterocycles. The molecule has 0 radical (unpaired) electrons. The second-order valence-electron chi connectivity index (χ2n) is 2.54. The summed E-state index contributed by atoms with van der Waals surface area (Å²) in [5.74, 6) is -0.0111. The van der Waals surface area contributed by atoms with Crippen LogP contribution in [0.4, 0.5) is 0 Å². The van der Waals surface area contributed by atoms with Gasteiger partial charge in [0.1, 0.15) is 10.9 Å². The van der Waals surface area contributed by atoms with Crippen LogP contribution < -0.4 is 5.32 Å². The molecule has 1 aromatic rings. The van der Waals surface area contributed by atoms with Gasteiger partial charge in [-0.3, -0.25) is 4.79 Å². The number of carbonyl (C=O) groups is 1. The Bertz CT molecular complexity index is 454. The highest BCUT2D eigenvalue weighted by Gasteiger charge is 2.22. The Morgan fingerprint density at radius 3 is 2.93 bits per heavy atom. The zero-order chi connectivity index (χ0) is 10.8. The molecular formula is C7H5N3O3S2. The summed E-state index contributed by atoms with van der Waals surface area (Å²) in [5.41, 5.74) is 0. The molecule has 1 aromatic heterocycles. The highest BCUT2D eigenvalue weighted by atomic mass is 32.2. The third-order valence-electron chi connectivity index (χ3n) is 1.51. The van der Waals surface area contributed by atoms with Crippen molar-refractivity contribution in [3.05, 3.63) is 16.7 Å². The first kappa shape index (κ1) is 10.3. The van der Waals surface area contributed by atoms with E-state index in [9.17, 15) is 4.79 Å². The van der Waals surface area contributed by atoms with Crippen molar-refractivity contribution in [1.29, 1.82) is 0 Å². The molecular weight excluding hydrogens is 238 g/mol. The van der Waals surface area contributed by atoms with Crippen LogP contribution in [0.1, 0.15) is 11.8 Å². The van der Waals surface area contributed by atoms with Gasteiger partial charge in [0.25, 0.3) is 5.91 Å². The number of nitrogens with one attached hydrogen (secondary N) is 1. The lowest BCUT2D eigenvalue weighted by atomic mass is 10.4. The number of carbonyl (C=O) groups excluding carboxylic acids is 1. The number of aliphatic hydroxyl groups excluding tert-OH is 1. The van der Waals surface area contributed by atoms with Crippen LogP contribution >= 0.6 is 24.0 Å². The van der Waals surface area contributed by atoms with Crippen LogP contribution in [0.2, 0.25) is 0 Å². The summed E-state index contributed by atoms with van der Waals surface area (Å²) in [6, 6.07) is 0. The first-order valence-electron chi connectivity index (χ1n) is 3.87. The van der Waals surface area contributed by atoms with Crippen LogP contribution in [-0.4, -0.2) is 25.5 Å². The van der Waals surface area contributed by atoms with Gasteiger partial charge in [-0.25, -0.2) is 0 Å². The van der Waals surface area contributed by atoms with Crippen molar-refractivity contribution in [2.45, 2.75) is 6.61 Å². The van der Waals surface area contributed by atoms with Crippen LogP contribution in [0.15, 0.2) is 9.32 Å². The highest BCUT2D eigenvalue weighted by Crippen LogP contribution is 2.25. The van der Waals surface area contributed by atoms with E-state index in [1.807, 2.05) is 0 Å². The molecule has 0 unspecified atom stereocenters. The predicted molar refractivity (Wildman–Crippen MR) is 56.5 cm³/mol. The molecule has 1 fully saturated rings. The number of hydrogen-bond acceptors (Lipinski definition) is 7. The smallest absolute Gasteiger partial charge is 0.263 e. The minimum Gasteiger partial charge on any atom is -0.419 e. The standard InChI is InChI=1S/C7H5N3O3S2/c11-2-5-10-9-4(13-5)1-3-6(12)8-7(14)15-3/h1,11H,2H2,(H,8,12,14)/b3-1-. The number of thiocarbonyl (C=S) groups is 1. The summed E-state index contributed by atoms with van der Waals surface area (Å²) in [6.07, 6.45) is 1.42. The number of aliphatic hydroxyl groups is 1. The van der Waals surface area contributed by atoms with Gasteiger partial charge >= 0.3 is 0 Å². The second kappa shape index (κ2) is 4.09. The SMILES string of the molecule is O=C1NC(=S)S/C1=C\c1nnc(CO)o1. The molecule has 0 spiro atoms. The van der Waals surface area contributed by atoms with E-state index in [1.54, 1.807) is 0 Å². The first-order valence-corrected chi connectivity index (χ1v) is 5.09. The maximum absolute atomic E-state index is 11.2. The Kier molecular flexibility index (Phi) is 2.80. The normalized spacial score (nSPS) is 18.6. The lowest BCUT2D eigenvalue weighted by Crippen LogP contribution is -2.17. The van der Waals surface area contributed by atoms with Crippen molar-refractivity contribution >= 4 is 40.3 Å². The minimum atomic E-state index is -0.325. The molecule has 1 saturated heterocycles. The van der Waals surface area contributed by atoms with Crippen LogP contribution in [0.5, 0.6) is 0 Å². The molecule has 2 heterocycles. The first-order chi connectivity index (χ1) is 7.19. The maximum atomic E-state index is 11.2. The van der Waals surface area contributed by atoms with Gasteiger partial charge in [-0.15, -0.1) is 10.2 Å². The third-order valence-corrected chi connectivity index (χ3v) is 2.68. The third kappa shape index (κ3) is 2.22. The molecule has 0 atom stereocenters. The second-order valence-corrected chi connectivity index (χ2v) is 4.26. The Labute approximate surface area is 93.8 Å². The van der Waals surface area contributed by atoms with Crippen molar-refractivity contribution < 1.29 is 14.3 Å². The Balaban J connectivity index is 2.22. The number of rotatable bonds is 2. The Morgan fingerprint density at radius 2 is 2.40 bits per heavy atom. The molecule has 0 saturated carbocycles. The molecule has 0 aromatic carbocycles. The van der Waals surface area contributed by atoms with E-state index < -0.39 is 0 Å². The maximum Gasteiger partial charge on any atom is 0.263 e. The van der Waals surface area contributed by atoms with Gasteiger partial charge in [-0.2, -0.15) is 0 Å². The Hall–Kier alpha value is -1.25. The van der Waals surface area contributed by atoms with Gasteiger partial charge in [0, 0.05) is 6.08 Å². The molecule has 2 rings (SSSR count). The van der Waals surface area contributed by atoms with Crippen molar-refractivity contribution in [1.82, 2.24) is 15.5 Å². The molecule has 8 heteroatoms. The van der Waals surface area contributed by atoms with Gasteiger partial charge in [0.15, 0.2) is 0 Å². The summed E-state index contributed by atoms with van der Waals surface area (Å²) < 4.78 is 5.39. The van der Waals surface area contributed by atoms with Gasteiger partial charge in [-0.1, -0.05) is 24.0 Å². The topological polar surface area (TPSA) is 88.2 Å². The summed E-state index contributed by atoms with van der Waals surface area (Å²) in [5, 5.41) is 18.3. The zero-order valence-electron chi connectivity index (χ0n) is 7.26. The van der Waals surface area contributed by atoms with Crippen molar-refractivity contribution in [2.24, 2.45) is 0 Å². The molecule has 1 amide bonds. The molecule has 0 bridgehead atoms. The number of thioether (sulfide) groups is 1. The molecule has 1 aliphatic rings. The van der Waals surface area contributed by atoms with E-state index in [2.05, 4.69) is 15.5 Å². The van der Waals surface area contributed by atoms with Crippen LogP contribution in [0.3, 0.4) is 0 Å². The zero-order valence-corrected chi connectivity index (χ0v) is 8.89. The van der Waals surface area contributed by atoms with E-state index in [1.165, 1.54) is 6.08 Å². The predicted octanol–water partition coefficient (Wildman–Crippen LogP) is 0.0507. The van der Waals surface area contributed by atoms with Gasteiger partial charge in [-0.05, 0) is 0 Å². The van der Waals surface area contributed by atoms with E-state index in [0.29, 0.717) is 9.23 Å². The average molecular weight is 243 g/mol. The number of nitrogens with zero attached hydrogens (tertiary/aromatic N) is 2. The average Bonchev–Trinajstić information content (AvgIpc) is 2.75. The van der Waals surface area contributed by atoms with Crippen molar-refractivity contribution in [2.75, 3.05) is 0 Å². The fourth-order valence-corrected chi connectivity index (χ4v) is 1.93. The Morgan fingerprint density at radius 1 is 1.60 bits per heavy atom. The minimum absolute atomic E-state index is 0.104. The van der Waals surface area contributed by atoms with Gasteiger partial charge in [0.05, 0.1) is 4.91 Å². The number of hydrogen-bond donors (Lipinski definition) is 2. The summed E-state index contributed by atoms with van der Waals surface area (Å²) in [6.45, 7) is -0.325. The lowest BCUT2D eigenvalue weighted by molar-refractivity contribution is -0.115. The van der Waals surface area contributed by atoms with Gasteiger partial charge in [0.2, 0.25) is 11.8 Å². The van der Waals surface area contributed by atoms with E-state index >= 15 is 0 Å². The fourth-order valence-electron chi connectivity index (χ4n) is 0.922. The van der Waals surface area contributed by atoms with Crippen molar-refractivity contribution in [3.63, 3.8) is 0 Å². The molecule has 78 valence electrons. The highest BCUT2D eigenvalue weighted by molar-refractivity contribution is 8.26. The summed E-state index contributed by atoms with van der Waals surface area (Å²) in [7, 11) is 0. The summed E-state index contributed by atoms with van der Waals surface area (Å²) in [4.78, 5) is 11.6. The number of amides is 1. The molecule has 0 aliphatic carbocycles. The number of aromatic nitrogens is 2.